The third kappa shape index (κ3) is 4.64. The molecule has 4 aromatic rings. The van der Waals surface area contributed by atoms with Crippen LogP contribution in [0.15, 0.2) is 109 Å². The van der Waals surface area contributed by atoms with Gasteiger partial charge in [0.05, 0.1) is 0 Å². The quantitative estimate of drug-likeness (QED) is 0.291. The predicted molar refractivity (Wildman–Crippen MR) is 143 cm³/mol. The monoisotopic (exact) mass is 485 g/mol. The summed E-state index contributed by atoms with van der Waals surface area (Å²) in [5, 5.41) is 4.34. The molecule has 0 saturated heterocycles. The number of hydrogen-bond acceptors (Lipinski definition) is 1. The zero-order valence-corrected chi connectivity index (χ0v) is 21.8. The Balaban J connectivity index is 1.86. The first kappa shape index (κ1) is 21.9. The van der Waals surface area contributed by atoms with Gasteiger partial charge in [-0.15, -0.1) is 0 Å². The molecule has 0 fully saturated rings. The second kappa shape index (κ2) is 9.43. The van der Waals surface area contributed by atoms with E-state index in [1.165, 1.54) is 26.0 Å². The molecule has 0 amide bonds. The Labute approximate surface area is 190 Å². The summed E-state index contributed by atoms with van der Waals surface area (Å²) in [7, 11) is 3.60. The summed E-state index contributed by atoms with van der Waals surface area (Å²) in [6, 6.07) is 40.5. The summed E-state index contributed by atoms with van der Waals surface area (Å²) in [5.41, 5.74) is 1.26. The first-order chi connectivity index (χ1) is 15.0. The molecule has 4 rings (SSSR count). The van der Waals surface area contributed by atoms with Crippen molar-refractivity contribution in [2.75, 3.05) is 19.0 Å². The standard InChI is InChI=1S/C28H30GeNP/c1-29(2,23-19-21-24(22-20-23)30(3)4)27-17-11-12-18-28(27)31(25-13-7-5-8-14-25)26-15-9-6-10-16-26/h5-22H,1-4H3. The third-order valence-electron chi connectivity index (χ3n) is 5.95. The van der Waals surface area contributed by atoms with Gasteiger partial charge in [-0.25, -0.2) is 0 Å². The van der Waals surface area contributed by atoms with Crippen molar-refractivity contribution in [2.24, 2.45) is 0 Å². The summed E-state index contributed by atoms with van der Waals surface area (Å²) in [6.45, 7) is 0. The fourth-order valence-electron chi connectivity index (χ4n) is 4.11. The summed E-state index contributed by atoms with van der Waals surface area (Å²) < 4.78 is 3.10. The molecule has 1 nitrogen and oxygen atoms in total. The van der Waals surface area contributed by atoms with Crippen LogP contribution in [0.25, 0.3) is 0 Å². The maximum absolute atomic E-state index is 2.53. The minimum atomic E-state index is -2.51. The Morgan fingerprint density at radius 2 is 1.06 bits per heavy atom. The normalized spacial score (nSPS) is 11.5. The molecule has 0 aliphatic heterocycles. The van der Waals surface area contributed by atoms with Crippen LogP contribution in [0, 0.1) is 0 Å². The average molecular weight is 484 g/mol. The summed E-state index contributed by atoms with van der Waals surface area (Å²) in [6.07, 6.45) is 0. The van der Waals surface area contributed by atoms with Gasteiger partial charge in [0.1, 0.15) is 0 Å². The maximum atomic E-state index is 2.53. The van der Waals surface area contributed by atoms with Crippen molar-refractivity contribution < 1.29 is 0 Å². The van der Waals surface area contributed by atoms with E-state index in [0.717, 1.165) is 0 Å². The molecule has 0 N–H and O–H groups in total. The van der Waals surface area contributed by atoms with Gasteiger partial charge in [-0.3, -0.25) is 0 Å². The fourth-order valence-corrected chi connectivity index (χ4v) is 14.0. The first-order valence-electron chi connectivity index (χ1n) is 10.8. The van der Waals surface area contributed by atoms with Crippen molar-refractivity contribution in [3.8, 4) is 0 Å². The number of hydrogen-bond donors (Lipinski definition) is 0. The molecule has 3 heteroatoms. The number of rotatable bonds is 6. The SMILES string of the molecule is CN(C)c1cc[c]([Ge]([CH3])([CH3])[c]2ccccc2P(c2ccccc2)c2ccccc2)cc1. The summed E-state index contributed by atoms with van der Waals surface area (Å²) in [4.78, 5) is 2.17. The van der Waals surface area contributed by atoms with E-state index in [-0.39, 0.29) is 0 Å². The van der Waals surface area contributed by atoms with Gasteiger partial charge in [-0.2, -0.15) is 0 Å². The Bertz CT molecular complexity index is 1080. The molecule has 0 aliphatic rings. The summed E-state index contributed by atoms with van der Waals surface area (Å²) in [5.74, 6) is 5.07. The van der Waals surface area contributed by atoms with Crippen LogP contribution in [0.2, 0.25) is 11.5 Å². The number of anilines is 1. The molecule has 0 heterocycles. The van der Waals surface area contributed by atoms with Gasteiger partial charge in [0.25, 0.3) is 0 Å². The molecular weight excluding hydrogens is 454 g/mol. The van der Waals surface area contributed by atoms with E-state index in [0.29, 0.717) is 0 Å². The van der Waals surface area contributed by atoms with E-state index < -0.39 is 21.2 Å². The van der Waals surface area contributed by atoms with Crippen LogP contribution >= 0.6 is 7.92 Å². The van der Waals surface area contributed by atoms with Crippen molar-refractivity contribution >= 4 is 51.6 Å². The van der Waals surface area contributed by atoms with Crippen molar-refractivity contribution in [2.45, 2.75) is 11.5 Å². The van der Waals surface area contributed by atoms with E-state index in [1.807, 2.05) is 0 Å². The van der Waals surface area contributed by atoms with Gasteiger partial charge in [0, 0.05) is 0 Å². The number of nitrogens with zero attached hydrogens (tertiary/aromatic N) is 1. The van der Waals surface area contributed by atoms with Crippen LogP contribution in [-0.2, 0) is 0 Å². The number of benzene rings is 4. The van der Waals surface area contributed by atoms with Gasteiger partial charge < -0.3 is 0 Å². The zero-order valence-electron chi connectivity index (χ0n) is 18.8. The van der Waals surface area contributed by atoms with Crippen LogP contribution in [0.3, 0.4) is 0 Å². The summed E-state index contributed by atoms with van der Waals surface area (Å²) >= 11 is -2.51. The molecule has 0 saturated carbocycles. The van der Waals surface area contributed by atoms with Crippen LogP contribution in [0.5, 0.6) is 0 Å². The second-order valence-corrected chi connectivity index (χ2v) is 19.9. The van der Waals surface area contributed by atoms with Gasteiger partial charge >= 0.3 is 191 Å². The third-order valence-corrected chi connectivity index (χ3v) is 16.4. The van der Waals surface area contributed by atoms with Crippen molar-refractivity contribution in [1.29, 1.82) is 0 Å². The van der Waals surface area contributed by atoms with E-state index >= 15 is 0 Å². The first-order valence-corrected chi connectivity index (χ1v) is 18.4. The molecule has 0 radical (unpaired) electrons. The Morgan fingerprint density at radius 3 is 1.58 bits per heavy atom. The zero-order chi connectivity index (χ0) is 21.8. The molecule has 0 atom stereocenters. The van der Waals surface area contributed by atoms with E-state index in [4.69, 9.17) is 0 Å². The van der Waals surface area contributed by atoms with Crippen molar-refractivity contribution in [1.82, 2.24) is 0 Å². The van der Waals surface area contributed by atoms with Crippen molar-refractivity contribution in [3.05, 3.63) is 109 Å². The van der Waals surface area contributed by atoms with Gasteiger partial charge in [-0.1, -0.05) is 0 Å². The van der Waals surface area contributed by atoms with E-state index in [1.54, 1.807) is 4.40 Å². The molecule has 0 aromatic heterocycles. The topological polar surface area (TPSA) is 3.24 Å². The molecule has 156 valence electrons. The molecule has 0 spiro atoms. The van der Waals surface area contributed by atoms with Gasteiger partial charge in [0.15, 0.2) is 0 Å². The molecule has 0 aliphatic carbocycles. The molecule has 31 heavy (non-hydrogen) atoms. The molecule has 4 aromatic carbocycles. The van der Waals surface area contributed by atoms with Crippen LogP contribution in [0.4, 0.5) is 5.69 Å². The second-order valence-electron chi connectivity index (χ2n) is 8.59. The van der Waals surface area contributed by atoms with Crippen LogP contribution in [0.1, 0.15) is 0 Å². The Kier molecular flexibility index (Phi) is 6.65. The van der Waals surface area contributed by atoms with Crippen molar-refractivity contribution in [3.63, 3.8) is 0 Å². The predicted octanol–water partition coefficient (Wildman–Crippen LogP) is 4.33. The molecular formula is C28H30GeNP. The fraction of sp³-hybridized carbons (Fsp3) is 0.143. The van der Waals surface area contributed by atoms with E-state index in [9.17, 15) is 0 Å². The minimum absolute atomic E-state index is 0.599. The van der Waals surface area contributed by atoms with E-state index in [2.05, 4.69) is 140 Å². The molecule has 0 unspecified atom stereocenters. The average Bonchev–Trinajstić information content (AvgIpc) is 2.81. The Morgan fingerprint density at radius 1 is 0.581 bits per heavy atom. The van der Waals surface area contributed by atoms with Crippen LogP contribution < -0.4 is 29.6 Å². The Hall–Kier alpha value is -2.35. The van der Waals surface area contributed by atoms with Crippen LogP contribution in [-0.4, -0.2) is 27.4 Å². The van der Waals surface area contributed by atoms with Gasteiger partial charge in [0.2, 0.25) is 0 Å². The van der Waals surface area contributed by atoms with Gasteiger partial charge in [-0.05, 0) is 0 Å². The molecule has 0 bridgehead atoms.